The Balaban J connectivity index is 1.32. The quantitative estimate of drug-likeness (QED) is 0.648. The minimum Gasteiger partial charge on any atom is -0.353 e. The van der Waals surface area contributed by atoms with Crippen molar-refractivity contribution in [3.8, 4) is 11.1 Å². The van der Waals surface area contributed by atoms with E-state index in [1.165, 1.54) is 17.7 Å². The predicted molar refractivity (Wildman–Crippen MR) is 121 cm³/mol. The van der Waals surface area contributed by atoms with E-state index in [1.54, 1.807) is 17.3 Å². The number of nitrogens with zero attached hydrogens (tertiary/aromatic N) is 4. The molecule has 2 amide bonds. The Morgan fingerprint density at radius 3 is 2.41 bits per heavy atom. The van der Waals surface area contributed by atoms with Crippen LogP contribution in [0.1, 0.15) is 28.8 Å². The summed E-state index contributed by atoms with van der Waals surface area (Å²) in [6, 6.07) is 9.00. The standard InChI is InChI=1S/C25H21F2N5O2/c26-18-7-16(8-19(27)10-18)17-11-29-24(30-12-17)32-14-25(3-4-25)20-2-1-15(9-21(20)32)23(34)31-6-5-28-22(33)13-31/h1-2,7-12H,3-6,13-14H2,(H,28,33). The van der Waals surface area contributed by atoms with Crippen LogP contribution in [0.25, 0.3) is 11.1 Å². The van der Waals surface area contributed by atoms with Gasteiger partial charge in [0.2, 0.25) is 11.9 Å². The van der Waals surface area contributed by atoms with Crippen LogP contribution in [0.4, 0.5) is 20.4 Å². The van der Waals surface area contributed by atoms with Crippen LogP contribution in [0.15, 0.2) is 48.8 Å². The topological polar surface area (TPSA) is 78.4 Å². The molecule has 0 radical (unpaired) electrons. The first-order valence-corrected chi connectivity index (χ1v) is 11.2. The van der Waals surface area contributed by atoms with Crippen molar-refractivity contribution in [3.63, 3.8) is 0 Å². The van der Waals surface area contributed by atoms with Crippen molar-refractivity contribution >= 4 is 23.5 Å². The number of fused-ring (bicyclic) bond motifs is 2. The number of hydrogen-bond donors (Lipinski definition) is 1. The number of benzene rings is 2. The first-order chi connectivity index (χ1) is 16.4. The summed E-state index contributed by atoms with van der Waals surface area (Å²) in [6.07, 6.45) is 5.21. The number of nitrogens with one attached hydrogen (secondary N) is 1. The van der Waals surface area contributed by atoms with Gasteiger partial charge in [-0.2, -0.15) is 0 Å². The van der Waals surface area contributed by atoms with Gasteiger partial charge in [-0.3, -0.25) is 9.59 Å². The molecule has 2 aliphatic heterocycles. The Kier molecular flexibility index (Phi) is 4.62. The van der Waals surface area contributed by atoms with Gasteiger partial charge >= 0.3 is 0 Å². The molecule has 1 saturated carbocycles. The molecule has 3 aliphatic rings. The molecule has 3 heterocycles. The van der Waals surface area contributed by atoms with Crippen molar-refractivity contribution in [2.75, 3.05) is 31.1 Å². The van der Waals surface area contributed by atoms with E-state index in [-0.39, 0.29) is 23.8 Å². The van der Waals surface area contributed by atoms with Crippen molar-refractivity contribution in [1.29, 1.82) is 0 Å². The Morgan fingerprint density at radius 1 is 1.00 bits per heavy atom. The highest BCUT2D eigenvalue weighted by atomic mass is 19.1. The number of amides is 2. The Labute approximate surface area is 194 Å². The Bertz CT molecular complexity index is 1300. The normalized spacial score (nSPS) is 18.1. The largest absolute Gasteiger partial charge is 0.353 e. The molecule has 1 spiro atoms. The Hall–Kier alpha value is -3.88. The molecular formula is C25H21F2N5O2. The van der Waals surface area contributed by atoms with Gasteiger partial charge in [-0.1, -0.05) is 6.07 Å². The van der Waals surface area contributed by atoms with E-state index in [4.69, 9.17) is 0 Å². The van der Waals surface area contributed by atoms with Gasteiger partial charge in [0.1, 0.15) is 11.6 Å². The zero-order valence-electron chi connectivity index (χ0n) is 18.2. The van der Waals surface area contributed by atoms with E-state index in [1.807, 2.05) is 23.1 Å². The van der Waals surface area contributed by atoms with Gasteiger partial charge in [0, 0.05) is 60.3 Å². The molecule has 9 heteroatoms. The van der Waals surface area contributed by atoms with Crippen LogP contribution in [0.5, 0.6) is 0 Å². The fraction of sp³-hybridized carbons (Fsp3) is 0.280. The van der Waals surface area contributed by atoms with Gasteiger partial charge in [0.05, 0.1) is 6.54 Å². The zero-order chi connectivity index (χ0) is 23.4. The molecule has 0 unspecified atom stereocenters. The molecule has 1 aromatic heterocycles. The third-order valence-corrected chi connectivity index (χ3v) is 6.82. The van der Waals surface area contributed by atoms with E-state index >= 15 is 0 Å². The van der Waals surface area contributed by atoms with E-state index in [9.17, 15) is 18.4 Å². The molecule has 0 bridgehead atoms. The van der Waals surface area contributed by atoms with Crippen LogP contribution in [0.3, 0.4) is 0 Å². The number of aromatic nitrogens is 2. The number of rotatable bonds is 3. The summed E-state index contributed by atoms with van der Waals surface area (Å²) in [5, 5.41) is 2.73. The van der Waals surface area contributed by atoms with Gasteiger partial charge < -0.3 is 15.1 Å². The second-order valence-corrected chi connectivity index (χ2v) is 9.10. The lowest BCUT2D eigenvalue weighted by Gasteiger charge is -2.27. The average Bonchev–Trinajstić information content (AvgIpc) is 3.54. The van der Waals surface area contributed by atoms with Crippen molar-refractivity contribution in [3.05, 3.63) is 71.6 Å². The summed E-state index contributed by atoms with van der Waals surface area (Å²) in [5.41, 5.74) is 3.48. The summed E-state index contributed by atoms with van der Waals surface area (Å²) < 4.78 is 27.2. The van der Waals surface area contributed by atoms with Crippen molar-refractivity contribution in [2.45, 2.75) is 18.3 Å². The lowest BCUT2D eigenvalue weighted by atomic mass is 9.97. The molecule has 2 aromatic carbocycles. The fourth-order valence-electron chi connectivity index (χ4n) is 4.89. The van der Waals surface area contributed by atoms with E-state index < -0.39 is 11.6 Å². The lowest BCUT2D eigenvalue weighted by molar-refractivity contribution is -0.123. The number of piperazine rings is 1. The molecule has 172 valence electrons. The number of carbonyl (C=O) groups excluding carboxylic acids is 2. The second-order valence-electron chi connectivity index (χ2n) is 9.10. The minimum atomic E-state index is -0.661. The molecule has 2 fully saturated rings. The molecule has 34 heavy (non-hydrogen) atoms. The number of anilines is 2. The van der Waals surface area contributed by atoms with Crippen LogP contribution < -0.4 is 10.2 Å². The monoisotopic (exact) mass is 461 g/mol. The van der Waals surface area contributed by atoms with Gasteiger partial charge in [0.15, 0.2) is 0 Å². The minimum absolute atomic E-state index is 0.0373. The third kappa shape index (κ3) is 3.48. The van der Waals surface area contributed by atoms with Crippen LogP contribution in [-0.2, 0) is 10.2 Å². The third-order valence-electron chi connectivity index (χ3n) is 6.82. The lowest BCUT2D eigenvalue weighted by Crippen LogP contribution is -2.49. The molecule has 1 N–H and O–H groups in total. The van der Waals surface area contributed by atoms with Gasteiger partial charge in [0.25, 0.3) is 5.91 Å². The first kappa shape index (κ1) is 20.7. The number of carbonyl (C=O) groups is 2. The molecular weight excluding hydrogens is 440 g/mol. The second kappa shape index (κ2) is 7.58. The highest BCUT2D eigenvalue weighted by Gasteiger charge is 2.52. The summed E-state index contributed by atoms with van der Waals surface area (Å²) in [5.74, 6) is -1.20. The van der Waals surface area contributed by atoms with Crippen LogP contribution in [0, 0.1) is 11.6 Å². The van der Waals surface area contributed by atoms with Gasteiger partial charge in [-0.05, 0) is 48.2 Å². The van der Waals surface area contributed by atoms with E-state index in [0.717, 1.165) is 24.6 Å². The van der Waals surface area contributed by atoms with Crippen LogP contribution in [-0.4, -0.2) is 52.9 Å². The van der Waals surface area contributed by atoms with E-state index in [2.05, 4.69) is 15.3 Å². The summed E-state index contributed by atoms with van der Waals surface area (Å²) >= 11 is 0. The molecule has 6 rings (SSSR count). The SMILES string of the molecule is O=C1CN(C(=O)c2ccc3c(c2)N(c2ncc(-c4cc(F)cc(F)c4)cn2)CC32CC2)CCN1. The van der Waals surface area contributed by atoms with Crippen LogP contribution in [0.2, 0.25) is 0 Å². The summed E-state index contributed by atoms with van der Waals surface area (Å²) in [4.78, 5) is 37.3. The first-order valence-electron chi connectivity index (χ1n) is 11.2. The number of halogens is 2. The molecule has 1 saturated heterocycles. The predicted octanol–water partition coefficient (Wildman–Crippen LogP) is 3.18. The number of hydrogen-bond acceptors (Lipinski definition) is 5. The maximum Gasteiger partial charge on any atom is 0.254 e. The summed E-state index contributed by atoms with van der Waals surface area (Å²) in [6.45, 7) is 1.68. The molecule has 0 atom stereocenters. The van der Waals surface area contributed by atoms with Crippen molar-refractivity contribution in [1.82, 2.24) is 20.2 Å². The van der Waals surface area contributed by atoms with Crippen molar-refractivity contribution in [2.24, 2.45) is 0 Å². The Morgan fingerprint density at radius 2 is 1.74 bits per heavy atom. The molecule has 1 aliphatic carbocycles. The highest BCUT2D eigenvalue weighted by Crippen LogP contribution is 2.57. The smallest absolute Gasteiger partial charge is 0.254 e. The van der Waals surface area contributed by atoms with Gasteiger partial charge in [-0.25, -0.2) is 18.7 Å². The molecule has 7 nitrogen and oxygen atoms in total. The van der Waals surface area contributed by atoms with E-state index in [0.29, 0.717) is 42.3 Å². The molecule has 3 aromatic rings. The zero-order valence-corrected chi connectivity index (χ0v) is 18.2. The fourth-order valence-corrected chi connectivity index (χ4v) is 4.89. The van der Waals surface area contributed by atoms with Gasteiger partial charge in [-0.15, -0.1) is 0 Å². The highest BCUT2D eigenvalue weighted by molar-refractivity contribution is 5.98. The maximum atomic E-state index is 13.6. The summed E-state index contributed by atoms with van der Waals surface area (Å²) in [7, 11) is 0. The maximum absolute atomic E-state index is 13.6. The van der Waals surface area contributed by atoms with Crippen LogP contribution >= 0.6 is 0 Å². The van der Waals surface area contributed by atoms with Crippen molar-refractivity contribution < 1.29 is 18.4 Å². The average molecular weight is 461 g/mol.